The number of para-hydroxylation sites is 1. The topological polar surface area (TPSA) is 124 Å². The molecule has 1 aliphatic heterocycles. The molecule has 0 saturated heterocycles. The van der Waals surface area contributed by atoms with E-state index in [0.29, 0.717) is 44.7 Å². The van der Waals surface area contributed by atoms with Crippen molar-refractivity contribution in [3.63, 3.8) is 0 Å². The highest BCUT2D eigenvalue weighted by molar-refractivity contribution is 7.99. The van der Waals surface area contributed by atoms with Gasteiger partial charge in [0.25, 0.3) is 5.69 Å². The molecule has 1 aliphatic rings. The summed E-state index contributed by atoms with van der Waals surface area (Å²) in [6, 6.07) is 15.5. The van der Waals surface area contributed by atoms with Crippen LogP contribution in [0.2, 0.25) is 0 Å². The van der Waals surface area contributed by atoms with E-state index in [9.17, 15) is 14.9 Å². The second-order valence-electron chi connectivity index (χ2n) is 9.49. The van der Waals surface area contributed by atoms with Gasteiger partial charge in [-0.3, -0.25) is 19.8 Å². The van der Waals surface area contributed by atoms with E-state index in [1.165, 1.54) is 48.6 Å². The Hall–Kier alpha value is -4.25. The summed E-state index contributed by atoms with van der Waals surface area (Å²) in [6.45, 7) is 5.42. The molecule has 5 rings (SSSR count). The van der Waals surface area contributed by atoms with Gasteiger partial charge in [0.15, 0.2) is 11.5 Å². The van der Waals surface area contributed by atoms with Crippen LogP contribution in [0.5, 0.6) is 5.88 Å². The summed E-state index contributed by atoms with van der Waals surface area (Å²) in [7, 11) is 0. The molecular weight excluding hydrogens is 530 g/mol. The minimum absolute atomic E-state index is 0.00215. The molecule has 4 aromatic rings. The molecule has 2 aromatic carbocycles. The maximum atomic E-state index is 13.1. The molecule has 0 saturated carbocycles. The van der Waals surface area contributed by atoms with E-state index in [4.69, 9.17) is 9.15 Å². The molecule has 206 valence electrons. The first-order valence-electron chi connectivity index (χ1n) is 13.2. The third kappa shape index (κ3) is 5.55. The number of hydrogen-bond donors (Lipinski definition) is 0. The molecule has 3 heterocycles. The summed E-state index contributed by atoms with van der Waals surface area (Å²) >= 11 is 1.53. The molecule has 0 aliphatic carbocycles. The first kappa shape index (κ1) is 27.3. The van der Waals surface area contributed by atoms with E-state index in [-0.39, 0.29) is 17.5 Å². The van der Waals surface area contributed by atoms with Crippen molar-refractivity contribution in [1.29, 1.82) is 0 Å². The number of thioether (sulfide) groups is 1. The number of unbranched alkanes of at least 4 members (excludes halogenated alkanes) is 3. The summed E-state index contributed by atoms with van der Waals surface area (Å²) in [6.07, 6.45) is 3.60. The number of anilines is 1. The second kappa shape index (κ2) is 11.9. The van der Waals surface area contributed by atoms with E-state index >= 15 is 0 Å². The van der Waals surface area contributed by atoms with Crippen LogP contribution in [0.1, 0.15) is 57.1 Å². The Morgan fingerprint density at radius 2 is 1.90 bits per heavy atom. The monoisotopic (exact) mass is 559 g/mol. The number of aromatic nitrogens is 3. The van der Waals surface area contributed by atoms with Crippen LogP contribution in [-0.4, -0.2) is 31.8 Å². The molecule has 11 heteroatoms. The predicted molar refractivity (Wildman–Crippen MR) is 152 cm³/mol. The van der Waals surface area contributed by atoms with Crippen molar-refractivity contribution in [3.8, 4) is 28.5 Å². The molecule has 0 N–H and O–H groups in total. The highest BCUT2D eigenvalue weighted by atomic mass is 32.2. The number of fused-ring (bicyclic) bond motifs is 3. The fourth-order valence-corrected chi connectivity index (χ4v) is 5.44. The van der Waals surface area contributed by atoms with Gasteiger partial charge in [-0.15, -0.1) is 10.2 Å². The second-order valence-corrected chi connectivity index (χ2v) is 10.6. The van der Waals surface area contributed by atoms with Crippen molar-refractivity contribution in [2.45, 2.75) is 57.8 Å². The Balaban J connectivity index is 1.53. The summed E-state index contributed by atoms with van der Waals surface area (Å²) in [5.41, 5.74) is 3.10. The van der Waals surface area contributed by atoms with Gasteiger partial charge in [0, 0.05) is 35.9 Å². The first-order valence-corrected chi connectivity index (χ1v) is 14.1. The number of rotatable bonds is 9. The number of amides is 1. The Kier molecular flexibility index (Phi) is 8.11. The molecule has 1 amide bonds. The van der Waals surface area contributed by atoms with Gasteiger partial charge in [-0.05, 0) is 43.2 Å². The number of hydrogen-bond acceptors (Lipinski definition) is 9. The number of nitro benzene ring substituents is 1. The largest absolute Gasteiger partial charge is 0.455 e. The van der Waals surface area contributed by atoms with E-state index < -0.39 is 11.2 Å². The van der Waals surface area contributed by atoms with E-state index in [1.54, 1.807) is 25.1 Å². The maximum Gasteiger partial charge on any atom is 0.269 e. The Morgan fingerprint density at radius 1 is 1.07 bits per heavy atom. The molecule has 40 heavy (non-hydrogen) atoms. The molecule has 0 fully saturated rings. The number of nitro groups is 1. The van der Waals surface area contributed by atoms with Crippen molar-refractivity contribution in [3.05, 3.63) is 76.0 Å². The van der Waals surface area contributed by atoms with Crippen molar-refractivity contribution in [2.24, 2.45) is 0 Å². The van der Waals surface area contributed by atoms with Gasteiger partial charge in [0.2, 0.25) is 23.2 Å². The van der Waals surface area contributed by atoms with Crippen molar-refractivity contribution < 1.29 is 18.9 Å². The van der Waals surface area contributed by atoms with Crippen LogP contribution in [0.25, 0.3) is 22.6 Å². The van der Waals surface area contributed by atoms with Crippen LogP contribution < -0.4 is 9.64 Å². The summed E-state index contributed by atoms with van der Waals surface area (Å²) in [5, 5.41) is 20.5. The number of ether oxygens (including phenoxy) is 1. The standard InChI is InChI=1S/C29H29N5O5S/c1-4-5-6-9-16-40-29-30-27-26(31-32-29)22-10-7-8-11-23(22)33(19(3)35)28(39-27)25-15-14-24(38-25)21-13-12-20(34(36)37)17-18(21)2/h7-8,10-15,17,28H,4-6,9,16H2,1-3H3/t28-/m1/s1. The number of furan rings is 1. The van der Waals surface area contributed by atoms with Crippen LogP contribution in [-0.2, 0) is 4.79 Å². The number of non-ortho nitro benzene ring substituents is 1. The van der Waals surface area contributed by atoms with E-state index in [0.717, 1.165) is 18.6 Å². The lowest BCUT2D eigenvalue weighted by molar-refractivity contribution is -0.384. The molecular formula is C29H29N5O5S. The molecule has 1 atom stereocenters. The minimum atomic E-state index is -0.967. The molecule has 0 spiro atoms. The lowest BCUT2D eigenvalue weighted by atomic mass is 10.1. The van der Waals surface area contributed by atoms with E-state index in [2.05, 4.69) is 22.1 Å². The zero-order valence-electron chi connectivity index (χ0n) is 22.5. The normalized spacial score (nSPS) is 14.2. The van der Waals surface area contributed by atoms with Crippen molar-refractivity contribution in [1.82, 2.24) is 15.2 Å². The molecule has 0 bridgehead atoms. The smallest absolute Gasteiger partial charge is 0.269 e. The number of benzene rings is 2. The average Bonchev–Trinajstić information content (AvgIpc) is 3.37. The molecule has 0 radical (unpaired) electrons. The van der Waals surface area contributed by atoms with Crippen LogP contribution in [0.3, 0.4) is 0 Å². The number of nitrogens with zero attached hydrogens (tertiary/aromatic N) is 5. The molecule has 10 nitrogen and oxygen atoms in total. The SMILES string of the molecule is CCCCCCSc1nnc2c(n1)O[C@H](c1ccc(-c3ccc([N+](=O)[O-])cc3C)o1)N(C(C)=O)c1ccccc1-2. The number of carbonyl (C=O) groups is 1. The molecule has 2 aromatic heterocycles. The van der Waals surface area contributed by atoms with Crippen molar-refractivity contribution >= 4 is 29.0 Å². The van der Waals surface area contributed by atoms with Gasteiger partial charge in [0.1, 0.15) is 5.76 Å². The number of carbonyl (C=O) groups excluding carboxylic acids is 1. The van der Waals surface area contributed by atoms with E-state index in [1.807, 2.05) is 24.3 Å². The minimum Gasteiger partial charge on any atom is -0.455 e. The Bertz CT molecular complexity index is 1560. The zero-order valence-corrected chi connectivity index (χ0v) is 23.3. The molecule has 0 unspecified atom stereocenters. The van der Waals surface area contributed by atoms with Gasteiger partial charge < -0.3 is 9.15 Å². The van der Waals surface area contributed by atoms with Crippen LogP contribution >= 0.6 is 11.8 Å². The fraction of sp³-hybridized carbons (Fsp3) is 0.310. The summed E-state index contributed by atoms with van der Waals surface area (Å²) in [4.78, 5) is 30.0. The highest BCUT2D eigenvalue weighted by Crippen LogP contribution is 2.44. The summed E-state index contributed by atoms with van der Waals surface area (Å²) in [5.74, 6) is 1.75. The highest BCUT2D eigenvalue weighted by Gasteiger charge is 2.36. The average molecular weight is 560 g/mol. The van der Waals surface area contributed by atoms with Crippen LogP contribution in [0, 0.1) is 17.0 Å². The van der Waals surface area contributed by atoms with Gasteiger partial charge in [-0.1, -0.05) is 56.1 Å². The van der Waals surface area contributed by atoms with Gasteiger partial charge in [-0.25, -0.2) is 0 Å². The van der Waals surface area contributed by atoms with Gasteiger partial charge >= 0.3 is 0 Å². The quantitative estimate of drug-likeness (QED) is 0.0911. The van der Waals surface area contributed by atoms with Crippen LogP contribution in [0.15, 0.2) is 64.2 Å². The van der Waals surface area contributed by atoms with Gasteiger partial charge in [0.05, 0.1) is 10.6 Å². The zero-order chi connectivity index (χ0) is 28.2. The van der Waals surface area contributed by atoms with Gasteiger partial charge in [-0.2, -0.15) is 4.98 Å². The lowest BCUT2D eigenvalue weighted by Crippen LogP contribution is -2.35. The van der Waals surface area contributed by atoms with Crippen molar-refractivity contribution in [2.75, 3.05) is 10.7 Å². The predicted octanol–water partition coefficient (Wildman–Crippen LogP) is 7.13. The lowest BCUT2D eigenvalue weighted by Gasteiger charge is -2.28. The van der Waals surface area contributed by atoms with Crippen LogP contribution in [0.4, 0.5) is 11.4 Å². The third-order valence-electron chi connectivity index (χ3n) is 6.64. The summed E-state index contributed by atoms with van der Waals surface area (Å²) < 4.78 is 12.6. The maximum absolute atomic E-state index is 13.1. The third-order valence-corrected chi connectivity index (χ3v) is 7.56. The first-order chi connectivity index (χ1) is 19.4. The Labute approximate surface area is 235 Å². The fourth-order valence-electron chi connectivity index (χ4n) is 4.66. The number of aryl methyl sites for hydroxylation is 1. The Morgan fingerprint density at radius 3 is 2.65 bits per heavy atom.